The molecule has 1 fully saturated rings. The zero-order valence-corrected chi connectivity index (χ0v) is 10.5. The highest BCUT2D eigenvalue weighted by atomic mass is 15.2. The molecule has 1 rings (SSSR count). The van der Waals surface area contributed by atoms with Gasteiger partial charge in [-0.15, -0.1) is 0 Å². The van der Waals surface area contributed by atoms with Crippen LogP contribution in [0, 0.1) is 11.8 Å². The molecule has 0 saturated heterocycles. The van der Waals surface area contributed by atoms with E-state index in [9.17, 15) is 0 Å². The van der Waals surface area contributed by atoms with Gasteiger partial charge in [0.1, 0.15) is 0 Å². The summed E-state index contributed by atoms with van der Waals surface area (Å²) < 4.78 is 0. The maximum absolute atomic E-state index is 5.74. The van der Waals surface area contributed by atoms with E-state index >= 15 is 0 Å². The van der Waals surface area contributed by atoms with Gasteiger partial charge in [0, 0.05) is 6.04 Å². The summed E-state index contributed by atoms with van der Waals surface area (Å²) in [4.78, 5) is 0. The molecule has 90 valence electrons. The van der Waals surface area contributed by atoms with Gasteiger partial charge < -0.3 is 0 Å². The van der Waals surface area contributed by atoms with Gasteiger partial charge in [0.15, 0.2) is 0 Å². The summed E-state index contributed by atoms with van der Waals surface area (Å²) in [5, 5.41) is 0. The van der Waals surface area contributed by atoms with Crippen LogP contribution in [-0.4, -0.2) is 6.04 Å². The van der Waals surface area contributed by atoms with Gasteiger partial charge in [0.05, 0.1) is 0 Å². The minimum atomic E-state index is 0.544. The molecule has 0 aromatic rings. The molecule has 0 spiro atoms. The van der Waals surface area contributed by atoms with E-state index in [1.807, 2.05) is 0 Å². The van der Waals surface area contributed by atoms with Crippen LogP contribution in [0.4, 0.5) is 0 Å². The molecule has 2 unspecified atom stereocenters. The predicted molar refractivity (Wildman–Crippen MR) is 66.4 cm³/mol. The summed E-state index contributed by atoms with van der Waals surface area (Å²) in [5.74, 6) is 7.28. The Morgan fingerprint density at radius 3 is 2.27 bits per heavy atom. The van der Waals surface area contributed by atoms with Crippen LogP contribution in [0.3, 0.4) is 0 Å². The number of nitrogens with one attached hydrogen (secondary N) is 1. The van der Waals surface area contributed by atoms with Crippen LogP contribution in [0.5, 0.6) is 0 Å². The van der Waals surface area contributed by atoms with E-state index in [0.29, 0.717) is 6.04 Å². The third-order valence-electron chi connectivity index (χ3n) is 3.96. The number of nitrogens with two attached hydrogens (primary N) is 1. The third-order valence-corrected chi connectivity index (χ3v) is 3.96. The molecule has 0 aromatic carbocycles. The SMILES string of the molecule is CCCC(C)C(NN)C1CCCCCC1. The van der Waals surface area contributed by atoms with Gasteiger partial charge in [-0.1, -0.05) is 46.0 Å². The van der Waals surface area contributed by atoms with E-state index in [2.05, 4.69) is 19.3 Å². The average Bonchev–Trinajstić information content (AvgIpc) is 2.48. The van der Waals surface area contributed by atoms with E-state index in [1.165, 1.54) is 51.4 Å². The molecule has 1 aliphatic carbocycles. The van der Waals surface area contributed by atoms with E-state index in [0.717, 1.165) is 11.8 Å². The Labute approximate surface area is 95.0 Å². The van der Waals surface area contributed by atoms with E-state index in [1.54, 1.807) is 0 Å². The predicted octanol–water partition coefficient (Wildman–Crippen LogP) is 3.22. The molecule has 3 N–H and O–H groups in total. The van der Waals surface area contributed by atoms with E-state index < -0.39 is 0 Å². The van der Waals surface area contributed by atoms with Crippen molar-refractivity contribution in [1.82, 2.24) is 5.43 Å². The molecule has 0 aliphatic heterocycles. The Kier molecular flexibility index (Phi) is 6.26. The van der Waals surface area contributed by atoms with Gasteiger partial charge in [-0.2, -0.15) is 0 Å². The lowest BCUT2D eigenvalue weighted by molar-refractivity contribution is 0.239. The summed E-state index contributed by atoms with van der Waals surface area (Å²) in [6.07, 6.45) is 11.0. The second-order valence-corrected chi connectivity index (χ2v) is 5.21. The van der Waals surface area contributed by atoms with Crippen LogP contribution in [0.15, 0.2) is 0 Å². The molecule has 1 aliphatic rings. The lowest BCUT2D eigenvalue weighted by atomic mass is 9.83. The molecule has 2 atom stereocenters. The molecule has 1 saturated carbocycles. The van der Waals surface area contributed by atoms with Gasteiger partial charge in [-0.3, -0.25) is 11.3 Å². The van der Waals surface area contributed by atoms with Crippen molar-refractivity contribution in [3.8, 4) is 0 Å². The number of hydrogen-bond acceptors (Lipinski definition) is 2. The van der Waals surface area contributed by atoms with Gasteiger partial charge in [0.2, 0.25) is 0 Å². The highest BCUT2D eigenvalue weighted by molar-refractivity contribution is 4.80. The van der Waals surface area contributed by atoms with Gasteiger partial charge >= 0.3 is 0 Å². The highest BCUT2D eigenvalue weighted by Crippen LogP contribution is 2.29. The summed E-state index contributed by atoms with van der Waals surface area (Å²) in [6, 6.07) is 0.544. The molecule has 0 amide bonds. The van der Waals surface area contributed by atoms with Gasteiger partial charge in [-0.25, -0.2) is 0 Å². The first kappa shape index (κ1) is 13.0. The molecule has 0 radical (unpaired) electrons. The Morgan fingerprint density at radius 1 is 1.20 bits per heavy atom. The van der Waals surface area contributed by atoms with Crippen LogP contribution < -0.4 is 11.3 Å². The van der Waals surface area contributed by atoms with Crippen molar-refractivity contribution in [3.05, 3.63) is 0 Å². The fourth-order valence-electron chi connectivity index (χ4n) is 3.07. The first-order chi connectivity index (χ1) is 7.29. The lowest BCUT2D eigenvalue weighted by Crippen LogP contribution is -2.45. The van der Waals surface area contributed by atoms with Crippen LogP contribution in [0.25, 0.3) is 0 Å². The van der Waals surface area contributed by atoms with Crippen molar-refractivity contribution >= 4 is 0 Å². The quantitative estimate of drug-likeness (QED) is 0.417. The van der Waals surface area contributed by atoms with Crippen molar-refractivity contribution in [1.29, 1.82) is 0 Å². The molecule has 0 aromatic heterocycles. The molecular weight excluding hydrogens is 184 g/mol. The highest BCUT2D eigenvalue weighted by Gasteiger charge is 2.25. The Morgan fingerprint density at radius 2 is 1.80 bits per heavy atom. The minimum absolute atomic E-state index is 0.544. The van der Waals surface area contributed by atoms with Crippen LogP contribution >= 0.6 is 0 Å². The van der Waals surface area contributed by atoms with Crippen molar-refractivity contribution in [2.24, 2.45) is 17.7 Å². The Hall–Kier alpha value is -0.0800. The second-order valence-electron chi connectivity index (χ2n) is 5.21. The molecule has 15 heavy (non-hydrogen) atoms. The van der Waals surface area contributed by atoms with Crippen molar-refractivity contribution < 1.29 is 0 Å². The maximum atomic E-state index is 5.74. The first-order valence-electron chi connectivity index (χ1n) is 6.75. The van der Waals surface area contributed by atoms with E-state index in [-0.39, 0.29) is 0 Å². The van der Waals surface area contributed by atoms with Crippen molar-refractivity contribution in [2.45, 2.75) is 71.3 Å². The smallest absolute Gasteiger partial charge is 0.0264 e. The van der Waals surface area contributed by atoms with Crippen molar-refractivity contribution in [2.75, 3.05) is 0 Å². The average molecular weight is 212 g/mol. The monoisotopic (exact) mass is 212 g/mol. The zero-order chi connectivity index (χ0) is 11.1. The maximum Gasteiger partial charge on any atom is 0.0264 e. The molecule has 0 bridgehead atoms. The number of hydrogen-bond donors (Lipinski definition) is 2. The summed E-state index contributed by atoms with van der Waals surface area (Å²) in [6.45, 7) is 4.61. The van der Waals surface area contributed by atoms with Crippen LogP contribution in [-0.2, 0) is 0 Å². The third kappa shape index (κ3) is 4.12. The van der Waals surface area contributed by atoms with Gasteiger partial charge in [-0.05, 0) is 31.1 Å². The second kappa shape index (κ2) is 7.24. The van der Waals surface area contributed by atoms with Crippen molar-refractivity contribution in [3.63, 3.8) is 0 Å². The lowest BCUT2D eigenvalue weighted by Gasteiger charge is -2.30. The standard InChI is InChI=1S/C13H28N2/c1-3-8-11(2)13(15-14)12-9-6-4-5-7-10-12/h11-13,15H,3-10,14H2,1-2H3. The summed E-state index contributed by atoms with van der Waals surface area (Å²) in [7, 11) is 0. The molecule has 0 heterocycles. The zero-order valence-electron chi connectivity index (χ0n) is 10.5. The van der Waals surface area contributed by atoms with Gasteiger partial charge in [0.25, 0.3) is 0 Å². The number of rotatable bonds is 5. The van der Waals surface area contributed by atoms with Crippen LogP contribution in [0.2, 0.25) is 0 Å². The van der Waals surface area contributed by atoms with E-state index in [4.69, 9.17) is 5.84 Å². The molecule has 2 nitrogen and oxygen atoms in total. The molecular formula is C13H28N2. The fourth-order valence-corrected chi connectivity index (χ4v) is 3.07. The normalized spacial score (nSPS) is 23.4. The minimum Gasteiger partial charge on any atom is -0.271 e. The topological polar surface area (TPSA) is 38.0 Å². The fraction of sp³-hybridized carbons (Fsp3) is 1.00. The first-order valence-corrected chi connectivity index (χ1v) is 6.75. The number of hydrazine groups is 1. The Bertz CT molecular complexity index is 151. The summed E-state index contributed by atoms with van der Waals surface area (Å²) in [5.41, 5.74) is 3.08. The van der Waals surface area contributed by atoms with Crippen LogP contribution in [0.1, 0.15) is 65.2 Å². The Balaban J connectivity index is 2.47. The summed E-state index contributed by atoms with van der Waals surface area (Å²) >= 11 is 0. The molecule has 2 heteroatoms. The largest absolute Gasteiger partial charge is 0.271 e.